The van der Waals surface area contributed by atoms with E-state index in [1.165, 1.54) is 17.7 Å². The summed E-state index contributed by atoms with van der Waals surface area (Å²) in [4.78, 5) is 13.1. The van der Waals surface area contributed by atoms with Crippen molar-refractivity contribution in [3.8, 4) is 0 Å². The molecule has 0 aliphatic heterocycles. The summed E-state index contributed by atoms with van der Waals surface area (Å²) in [6, 6.07) is 3.49. The van der Waals surface area contributed by atoms with Gasteiger partial charge in [-0.2, -0.15) is 0 Å². The molecule has 1 saturated carbocycles. The highest BCUT2D eigenvalue weighted by molar-refractivity contribution is 5.91. The standard InChI is InChI=1S/C13H21N5O/c1-18(2)12(19)10-3-4-11(17-16-10)15-9-13(5-6-13)7-8-14/h3-4H,5-9,14H2,1-2H3,(H,15,17). The molecule has 1 aliphatic rings. The minimum Gasteiger partial charge on any atom is -0.368 e. The van der Waals surface area contributed by atoms with E-state index in [4.69, 9.17) is 5.73 Å². The lowest BCUT2D eigenvalue weighted by molar-refractivity contribution is 0.0821. The van der Waals surface area contributed by atoms with Gasteiger partial charge in [0, 0.05) is 20.6 Å². The van der Waals surface area contributed by atoms with Crippen molar-refractivity contribution in [3.63, 3.8) is 0 Å². The van der Waals surface area contributed by atoms with Gasteiger partial charge in [-0.3, -0.25) is 4.79 Å². The van der Waals surface area contributed by atoms with E-state index in [9.17, 15) is 4.79 Å². The number of carbonyl (C=O) groups is 1. The average molecular weight is 263 g/mol. The van der Waals surface area contributed by atoms with Crippen molar-refractivity contribution in [1.82, 2.24) is 15.1 Å². The molecule has 6 heteroatoms. The first-order valence-corrected chi connectivity index (χ1v) is 6.56. The second kappa shape index (κ2) is 5.52. The molecular weight excluding hydrogens is 242 g/mol. The van der Waals surface area contributed by atoms with Crippen LogP contribution in [-0.4, -0.2) is 48.2 Å². The van der Waals surface area contributed by atoms with Gasteiger partial charge in [0.05, 0.1) is 0 Å². The van der Waals surface area contributed by atoms with Crippen molar-refractivity contribution >= 4 is 11.7 Å². The van der Waals surface area contributed by atoms with Gasteiger partial charge in [0.1, 0.15) is 5.82 Å². The van der Waals surface area contributed by atoms with Crippen LogP contribution in [0.5, 0.6) is 0 Å². The molecule has 0 unspecified atom stereocenters. The van der Waals surface area contributed by atoms with Crippen molar-refractivity contribution in [2.45, 2.75) is 19.3 Å². The Morgan fingerprint density at radius 1 is 1.42 bits per heavy atom. The van der Waals surface area contributed by atoms with E-state index in [0.29, 0.717) is 16.9 Å². The van der Waals surface area contributed by atoms with Gasteiger partial charge in [-0.05, 0) is 43.4 Å². The number of aromatic nitrogens is 2. The van der Waals surface area contributed by atoms with E-state index in [2.05, 4.69) is 15.5 Å². The third kappa shape index (κ3) is 3.41. The van der Waals surface area contributed by atoms with E-state index >= 15 is 0 Å². The first kappa shape index (κ1) is 13.7. The van der Waals surface area contributed by atoms with Crippen molar-refractivity contribution in [2.75, 3.05) is 32.5 Å². The summed E-state index contributed by atoms with van der Waals surface area (Å²) < 4.78 is 0. The number of hydrogen-bond donors (Lipinski definition) is 2. The van der Waals surface area contributed by atoms with Crippen LogP contribution in [0.15, 0.2) is 12.1 Å². The lowest BCUT2D eigenvalue weighted by Crippen LogP contribution is -2.23. The highest BCUT2D eigenvalue weighted by Crippen LogP contribution is 2.48. The Labute approximate surface area is 113 Å². The number of amides is 1. The maximum Gasteiger partial charge on any atom is 0.273 e. The number of nitrogens with two attached hydrogens (primary N) is 1. The number of carbonyl (C=O) groups excluding carboxylic acids is 1. The van der Waals surface area contributed by atoms with Crippen LogP contribution in [0.1, 0.15) is 29.8 Å². The molecule has 3 N–H and O–H groups in total. The van der Waals surface area contributed by atoms with E-state index in [1.54, 1.807) is 26.2 Å². The highest BCUT2D eigenvalue weighted by atomic mass is 16.2. The molecule has 2 rings (SSSR count). The van der Waals surface area contributed by atoms with Gasteiger partial charge in [-0.15, -0.1) is 10.2 Å². The molecule has 19 heavy (non-hydrogen) atoms. The maximum atomic E-state index is 11.7. The van der Waals surface area contributed by atoms with Crippen molar-refractivity contribution in [2.24, 2.45) is 11.1 Å². The molecule has 0 bridgehead atoms. The van der Waals surface area contributed by atoms with Crippen molar-refractivity contribution in [3.05, 3.63) is 17.8 Å². The van der Waals surface area contributed by atoms with Gasteiger partial charge < -0.3 is 16.0 Å². The predicted octanol–water partition coefficient (Wildman–Crippen LogP) is 0.719. The molecule has 0 saturated heterocycles. The smallest absolute Gasteiger partial charge is 0.273 e. The van der Waals surface area contributed by atoms with Crippen LogP contribution < -0.4 is 11.1 Å². The number of nitrogens with zero attached hydrogens (tertiary/aromatic N) is 3. The lowest BCUT2D eigenvalue weighted by Gasteiger charge is -2.15. The Morgan fingerprint density at radius 3 is 2.63 bits per heavy atom. The average Bonchev–Trinajstić information content (AvgIpc) is 3.17. The van der Waals surface area contributed by atoms with E-state index in [1.807, 2.05) is 0 Å². The Balaban J connectivity index is 1.90. The monoisotopic (exact) mass is 263 g/mol. The summed E-state index contributed by atoms with van der Waals surface area (Å²) in [6.45, 7) is 1.60. The molecule has 1 heterocycles. The summed E-state index contributed by atoms with van der Waals surface area (Å²) in [6.07, 6.45) is 3.49. The highest BCUT2D eigenvalue weighted by Gasteiger charge is 2.41. The minimum atomic E-state index is -0.138. The Hall–Kier alpha value is -1.69. The zero-order valence-corrected chi connectivity index (χ0v) is 11.5. The predicted molar refractivity (Wildman–Crippen MR) is 73.9 cm³/mol. The van der Waals surface area contributed by atoms with Crippen LogP contribution in [0.2, 0.25) is 0 Å². The normalized spacial score (nSPS) is 15.9. The topological polar surface area (TPSA) is 84.1 Å². The zero-order chi connectivity index (χ0) is 13.9. The third-order valence-electron chi connectivity index (χ3n) is 3.57. The van der Waals surface area contributed by atoms with Crippen LogP contribution in [0, 0.1) is 5.41 Å². The maximum absolute atomic E-state index is 11.7. The molecule has 104 valence electrons. The molecule has 6 nitrogen and oxygen atoms in total. The van der Waals surface area contributed by atoms with Crippen LogP contribution in [0.4, 0.5) is 5.82 Å². The second-order valence-corrected chi connectivity index (χ2v) is 5.40. The Morgan fingerprint density at radius 2 is 2.16 bits per heavy atom. The molecule has 0 radical (unpaired) electrons. The van der Waals surface area contributed by atoms with E-state index in [0.717, 1.165) is 19.5 Å². The van der Waals surface area contributed by atoms with Gasteiger partial charge in [0.25, 0.3) is 5.91 Å². The van der Waals surface area contributed by atoms with Crippen LogP contribution in [-0.2, 0) is 0 Å². The first-order valence-electron chi connectivity index (χ1n) is 6.56. The third-order valence-corrected chi connectivity index (χ3v) is 3.57. The molecule has 0 spiro atoms. The fourth-order valence-electron chi connectivity index (χ4n) is 2.05. The van der Waals surface area contributed by atoms with Gasteiger partial charge in [-0.1, -0.05) is 0 Å². The molecule has 1 aliphatic carbocycles. The molecule has 1 aromatic heterocycles. The number of anilines is 1. The van der Waals surface area contributed by atoms with Gasteiger partial charge in [-0.25, -0.2) is 0 Å². The zero-order valence-electron chi connectivity index (χ0n) is 11.5. The fraction of sp³-hybridized carbons (Fsp3) is 0.615. The number of hydrogen-bond acceptors (Lipinski definition) is 5. The fourth-order valence-corrected chi connectivity index (χ4v) is 2.05. The van der Waals surface area contributed by atoms with E-state index < -0.39 is 0 Å². The van der Waals surface area contributed by atoms with Gasteiger partial charge in [0.2, 0.25) is 0 Å². The number of rotatable bonds is 6. The van der Waals surface area contributed by atoms with Crippen LogP contribution >= 0.6 is 0 Å². The van der Waals surface area contributed by atoms with Crippen LogP contribution in [0.3, 0.4) is 0 Å². The molecular formula is C13H21N5O. The molecule has 1 aromatic rings. The van der Waals surface area contributed by atoms with Crippen molar-refractivity contribution < 1.29 is 4.79 Å². The lowest BCUT2D eigenvalue weighted by atomic mass is 10.0. The minimum absolute atomic E-state index is 0.138. The largest absolute Gasteiger partial charge is 0.368 e. The van der Waals surface area contributed by atoms with E-state index in [-0.39, 0.29) is 5.91 Å². The molecule has 1 fully saturated rings. The van der Waals surface area contributed by atoms with Gasteiger partial charge >= 0.3 is 0 Å². The Kier molecular flexibility index (Phi) is 3.99. The summed E-state index contributed by atoms with van der Waals surface area (Å²) in [7, 11) is 3.39. The van der Waals surface area contributed by atoms with Crippen LogP contribution in [0.25, 0.3) is 0 Å². The van der Waals surface area contributed by atoms with Crippen molar-refractivity contribution in [1.29, 1.82) is 0 Å². The molecule has 0 aromatic carbocycles. The summed E-state index contributed by atoms with van der Waals surface area (Å²) in [5, 5.41) is 11.2. The van der Waals surface area contributed by atoms with Gasteiger partial charge in [0.15, 0.2) is 5.69 Å². The molecule has 1 amide bonds. The molecule has 0 atom stereocenters. The second-order valence-electron chi connectivity index (χ2n) is 5.40. The number of nitrogens with one attached hydrogen (secondary N) is 1. The quantitative estimate of drug-likeness (QED) is 0.790. The first-order chi connectivity index (χ1) is 9.06. The summed E-state index contributed by atoms with van der Waals surface area (Å²) >= 11 is 0. The summed E-state index contributed by atoms with van der Waals surface area (Å²) in [5.41, 5.74) is 6.32. The SMILES string of the molecule is CN(C)C(=O)c1ccc(NCC2(CCN)CC2)nn1. The summed E-state index contributed by atoms with van der Waals surface area (Å²) in [5.74, 6) is 0.569. The Bertz CT molecular complexity index is 439.